The lowest BCUT2D eigenvalue weighted by Gasteiger charge is -2.21. The lowest BCUT2D eigenvalue weighted by atomic mass is 9.87. The summed E-state index contributed by atoms with van der Waals surface area (Å²) in [7, 11) is 0. The molecule has 4 nitrogen and oxygen atoms in total. The van der Waals surface area contributed by atoms with E-state index in [1.54, 1.807) is 18.7 Å². The van der Waals surface area contributed by atoms with Gasteiger partial charge in [0.2, 0.25) is 0 Å². The fourth-order valence-corrected chi connectivity index (χ4v) is 5.33. The molecule has 1 amide bonds. The molecule has 0 radical (unpaired) electrons. The number of carbonyl (C=O) groups is 2. The van der Waals surface area contributed by atoms with E-state index in [2.05, 4.69) is 35.8 Å². The predicted octanol–water partition coefficient (Wildman–Crippen LogP) is 6.16. The Bertz CT molecular complexity index is 953. The number of ketones is 1. The lowest BCUT2D eigenvalue weighted by molar-refractivity contribution is -0.118. The Kier molecular flexibility index (Phi) is 10.7. The number of carbonyl (C=O) groups excluding carboxylic acids is 2. The minimum Gasteiger partial charge on any atom is -0.342 e. The molecule has 0 bridgehead atoms. The van der Waals surface area contributed by atoms with Crippen molar-refractivity contribution in [3.05, 3.63) is 59.2 Å². The van der Waals surface area contributed by atoms with Gasteiger partial charge in [-0.25, -0.2) is 0 Å². The summed E-state index contributed by atoms with van der Waals surface area (Å²) in [6.07, 6.45) is 10.8. The predicted molar refractivity (Wildman–Crippen MR) is 144 cm³/mol. The van der Waals surface area contributed by atoms with Gasteiger partial charge in [-0.3, -0.25) is 9.59 Å². The number of benzene rings is 2. The van der Waals surface area contributed by atoms with Gasteiger partial charge >= 0.3 is 0 Å². The summed E-state index contributed by atoms with van der Waals surface area (Å²) in [5.74, 6) is 1.52. The molecule has 1 saturated carbocycles. The standard InChI is InChI=1S/C29H40N2O2S/c1-21-9-7-8-12-25(21)27-19-24(20-30-17-15-23-10-5-4-6-11-23)13-14-26(27)29(33)31-28(22(2)32)16-18-34-3/h7-9,12-14,19,23,28,30H,4-6,10-11,15-18,20H2,1-3H3,(H,31,33)/t28-/m0/s1. The van der Waals surface area contributed by atoms with Crippen LogP contribution >= 0.6 is 11.8 Å². The third kappa shape index (κ3) is 7.71. The van der Waals surface area contributed by atoms with Crippen molar-refractivity contribution >= 4 is 23.5 Å². The number of aryl methyl sites for hydroxylation is 1. The number of thioether (sulfide) groups is 1. The second kappa shape index (κ2) is 13.7. The second-order valence-electron chi connectivity index (χ2n) is 9.58. The topological polar surface area (TPSA) is 58.2 Å². The Labute approximate surface area is 209 Å². The largest absolute Gasteiger partial charge is 0.342 e. The first-order chi connectivity index (χ1) is 16.5. The van der Waals surface area contributed by atoms with Gasteiger partial charge in [0.15, 0.2) is 5.78 Å². The molecule has 2 aromatic rings. The van der Waals surface area contributed by atoms with Crippen molar-refractivity contribution in [2.45, 2.75) is 71.4 Å². The van der Waals surface area contributed by atoms with Crippen molar-refractivity contribution in [1.82, 2.24) is 10.6 Å². The number of nitrogens with one attached hydrogen (secondary N) is 2. The Morgan fingerprint density at radius 2 is 1.82 bits per heavy atom. The number of hydrogen-bond donors (Lipinski definition) is 2. The van der Waals surface area contributed by atoms with Crippen LogP contribution in [-0.4, -0.2) is 36.3 Å². The number of rotatable bonds is 12. The maximum atomic E-state index is 13.3. The molecule has 0 saturated heterocycles. The Morgan fingerprint density at radius 3 is 2.53 bits per heavy atom. The molecule has 2 aromatic carbocycles. The van der Waals surface area contributed by atoms with Crippen LogP contribution in [0.2, 0.25) is 0 Å². The highest BCUT2D eigenvalue weighted by Gasteiger charge is 2.21. The summed E-state index contributed by atoms with van der Waals surface area (Å²) in [6.45, 7) is 5.44. The van der Waals surface area contributed by atoms with Crippen LogP contribution in [0.4, 0.5) is 0 Å². The number of hydrogen-bond acceptors (Lipinski definition) is 4. The maximum Gasteiger partial charge on any atom is 0.252 e. The summed E-state index contributed by atoms with van der Waals surface area (Å²) in [4.78, 5) is 25.4. The molecule has 1 atom stereocenters. The summed E-state index contributed by atoms with van der Waals surface area (Å²) >= 11 is 1.68. The van der Waals surface area contributed by atoms with Gasteiger partial charge in [0.25, 0.3) is 5.91 Å². The van der Waals surface area contributed by atoms with E-state index >= 15 is 0 Å². The average molecular weight is 481 g/mol. The highest BCUT2D eigenvalue weighted by molar-refractivity contribution is 7.98. The van der Waals surface area contributed by atoms with E-state index in [0.29, 0.717) is 12.0 Å². The van der Waals surface area contributed by atoms with Gasteiger partial charge in [0, 0.05) is 12.1 Å². The lowest BCUT2D eigenvalue weighted by Crippen LogP contribution is -2.40. The molecular formula is C29H40N2O2S. The minimum atomic E-state index is -0.453. The van der Waals surface area contributed by atoms with Crippen LogP contribution in [0.3, 0.4) is 0 Å². The Balaban J connectivity index is 1.75. The van der Waals surface area contributed by atoms with Crippen molar-refractivity contribution < 1.29 is 9.59 Å². The molecule has 0 spiro atoms. The van der Waals surface area contributed by atoms with E-state index in [4.69, 9.17) is 0 Å². The van der Waals surface area contributed by atoms with Crippen molar-refractivity contribution in [2.24, 2.45) is 5.92 Å². The van der Waals surface area contributed by atoms with Gasteiger partial charge in [0.1, 0.15) is 0 Å². The van der Waals surface area contributed by atoms with Crippen LogP contribution in [-0.2, 0) is 11.3 Å². The molecule has 1 aliphatic carbocycles. The molecule has 0 aliphatic heterocycles. The van der Waals surface area contributed by atoms with Crippen LogP contribution in [0, 0.1) is 12.8 Å². The van der Waals surface area contributed by atoms with E-state index in [0.717, 1.165) is 41.5 Å². The van der Waals surface area contributed by atoms with Crippen LogP contribution in [0.15, 0.2) is 42.5 Å². The summed E-state index contributed by atoms with van der Waals surface area (Å²) in [6, 6.07) is 13.8. The highest BCUT2D eigenvalue weighted by Crippen LogP contribution is 2.29. The number of Topliss-reactive ketones (excluding diaryl/α,β-unsaturated/α-hetero) is 1. The SMILES string of the molecule is CSCC[C@H](NC(=O)c1ccc(CNCCC2CCCCC2)cc1-c1ccccc1C)C(C)=O. The molecule has 0 aromatic heterocycles. The van der Waals surface area contributed by atoms with E-state index < -0.39 is 6.04 Å². The quantitative estimate of drug-likeness (QED) is 0.357. The van der Waals surface area contributed by atoms with Gasteiger partial charge < -0.3 is 10.6 Å². The van der Waals surface area contributed by atoms with Gasteiger partial charge in [-0.1, -0.05) is 62.4 Å². The number of amides is 1. The molecule has 3 rings (SSSR count). The van der Waals surface area contributed by atoms with Crippen LogP contribution < -0.4 is 10.6 Å². The van der Waals surface area contributed by atoms with E-state index in [1.165, 1.54) is 44.1 Å². The minimum absolute atomic E-state index is 0.00127. The fourth-order valence-electron chi connectivity index (χ4n) is 4.86. The monoisotopic (exact) mass is 480 g/mol. The zero-order valence-corrected chi connectivity index (χ0v) is 21.8. The molecule has 1 aliphatic rings. The van der Waals surface area contributed by atoms with E-state index in [1.807, 2.05) is 30.5 Å². The molecule has 5 heteroatoms. The van der Waals surface area contributed by atoms with Gasteiger partial charge in [-0.2, -0.15) is 11.8 Å². The molecule has 0 heterocycles. The molecule has 0 unspecified atom stereocenters. The van der Waals surface area contributed by atoms with Gasteiger partial charge in [-0.05, 0) is 85.5 Å². The van der Waals surface area contributed by atoms with E-state index in [-0.39, 0.29) is 11.7 Å². The molecular weight excluding hydrogens is 440 g/mol. The van der Waals surface area contributed by atoms with Gasteiger partial charge in [-0.15, -0.1) is 0 Å². The summed E-state index contributed by atoms with van der Waals surface area (Å²) < 4.78 is 0. The first-order valence-electron chi connectivity index (χ1n) is 12.7. The fraction of sp³-hybridized carbons (Fsp3) is 0.517. The van der Waals surface area contributed by atoms with Gasteiger partial charge in [0.05, 0.1) is 6.04 Å². The van der Waals surface area contributed by atoms with Crippen molar-refractivity contribution in [3.8, 4) is 11.1 Å². The second-order valence-corrected chi connectivity index (χ2v) is 10.6. The zero-order valence-electron chi connectivity index (χ0n) is 21.0. The first kappa shape index (κ1) is 26.5. The third-order valence-corrected chi connectivity index (χ3v) is 7.60. The van der Waals surface area contributed by atoms with Crippen LogP contribution in [0.1, 0.15) is 73.4 Å². The zero-order chi connectivity index (χ0) is 24.3. The van der Waals surface area contributed by atoms with E-state index in [9.17, 15) is 9.59 Å². The average Bonchev–Trinajstić information content (AvgIpc) is 2.85. The molecule has 34 heavy (non-hydrogen) atoms. The Morgan fingerprint density at radius 1 is 1.06 bits per heavy atom. The Hall–Kier alpha value is -2.11. The van der Waals surface area contributed by atoms with Crippen molar-refractivity contribution in [1.29, 1.82) is 0 Å². The smallest absolute Gasteiger partial charge is 0.252 e. The van der Waals surface area contributed by atoms with Crippen molar-refractivity contribution in [2.75, 3.05) is 18.6 Å². The maximum absolute atomic E-state index is 13.3. The van der Waals surface area contributed by atoms with Crippen LogP contribution in [0.5, 0.6) is 0 Å². The first-order valence-corrected chi connectivity index (χ1v) is 14.1. The van der Waals surface area contributed by atoms with Crippen LogP contribution in [0.25, 0.3) is 11.1 Å². The third-order valence-electron chi connectivity index (χ3n) is 6.95. The summed E-state index contributed by atoms with van der Waals surface area (Å²) in [5, 5.41) is 6.60. The normalized spacial score (nSPS) is 15.1. The van der Waals surface area contributed by atoms with Crippen molar-refractivity contribution in [3.63, 3.8) is 0 Å². The molecule has 1 fully saturated rings. The molecule has 184 valence electrons. The highest BCUT2D eigenvalue weighted by atomic mass is 32.2. The summed E-state index contributed by atoms with van der Waals surface area (Å²) in [5.41, 5.74) is 4.90. The molecule has 2 N–H and O–H groups in total.